The molecule has 0 unspecified atom stereocenters. The molecule has 0 radical (unpaired) electrons. The Morgan fingerprint density at radius 3 is 2.56 bits per heavy atom. The Balaban J connectivity index is 2.17. The number of thioether (sulfide) groups is 1. The van der Waals surface area contributed by atoms with E-state index >= 15 is 0 Å². The van der Waals surface area contributed by atoms with Crippen LogP contribution in [0.2, 0.25) is 0 Å². The highest BCUT2D eigenvalue weighted by molar-refractivity contribution is 7.98. The van der Waals surface area contributed by atoms with Crippen LogP contribution in [0.15, 0.2) is 47.5 Å². The number of aromatic nitrogens is 1. The van der Waals surface area contributed by atoms with Crippen molar-refractivity contribution in [1.82, 2.24) is 4.98 Å². The first-order valence-electron chi connectivity index (χ1n) is 5.48. The zero-order valence-corrected chi connectivity index (χ0v) is 11.0. The average molecular weight is 259 g/mol. The van der Waals surface area contributed by atoms with Crippen molar-refractivity contribution in [3.8, 4) is 11.6 Å². The van der Waals surface area contributed by atoms with E-state index in [1.54, 1.807) is 30.1 Å². The van der Waals surface area contributed by atoms with Crippen molar-refractivity contribution >= 4 is 17.5 Å². The van der Waals surface area contributed by atoms with Gasteiger partial charge in [0, 0.05) is 22.7 Å². The minimum Gasteiger partial charge on any atom is -0.439 e. The second kappa shape index (κ2) is 5.69. The van der Waals surface area contributed by atoms with Crippen molar-refractivity contribution in [3.05, 3.63) is 48.2 Å². The second-order valence-corrected chi connectivity index (χ2v) is 4.60. The van der Waals surface area contributed by atoms with Crippen molar-refractivity contribution < 1.29 is 9.53 Å². The van der Waals surface area contributed by atoms with Crippen LogP contribution in [-0.4, -0.2) is 17.0 Å². The van der Waals surface area contributed by atoms with E-state index in [-0.39, 0.29) is 5.78 Å². The lowest BCUT2D eigenvalue weighted by Gasteiger charge is -2.06. The minimum absolute atomic E-state index is 0.0000177. The third kappa shape index (κ3) is 3.11. The van der Waals surface area contributed by atoms with Crippen LogP contribution in [0.4, 0.5) is 0 Å². The monoisotopic (exact) mass is 259 g/mol. The van der Waals surface area contributed by atoms with Crippen molar-refractivity contribution in [2.45, 2.75) is 11.8 Å². The van der Waals surface area contributed by atoms with Gasteiger partial charge in [0.2, 0.25) is 5.88 Å². The Morgan fingerprint density at radius 2 is 1.94 bits per heavy atom. The van der Waals surface area contributed by atoms with Gasteiger partial charge in [-0.2, -0.15) is 0 Å². The van der Waals surface area contributed by atoms with Gasteiger partial charge in [0.15, 0.2) is 5.78 Å². The molecule has 0 fully saturated rings. The molecule has 92 valence electrons. The summed E-state index contributed by atoms with van der Waals surface area (Å²) in [5.74, 6) is 1.14. The van der Waals surface area contributed by atoms with Gasteiger partial charge >= 0.3 is 0 Å². The number of pyridine rings is 1. The standard InChI is InChI=1S/C14H13NO2S/c1-10(16)11-7-8-15-14(9-11)17-12-3-5-13(18-2)6-4-12/h3-9H,1-2H3. The lowest BCUT2D eigenvalue weighted by molar-refractivity contribution is 0.101. The van der Waals surface area contributed by atoms with Crippen LogP contribution in [0.25, 0.3) is 0 Å². The van der Waals surface area contributed by atoms with Gasteiger partial charge in [0.1, 0.15) is 5.75 Å². The number of nitrogens with zero attached hydrogens (tertiary/aromatic N) is 1. The summed E-state index contributed by atoms with van der Waals surface area (Å²) in [5.41, 5.74) is 0.598. The normalized spacial score (nSPS) is 10.1. The van der Waals surface area contributed by atoms with E-state index < -0.39 is 0 Å². The fourth-order valence-corrected chi connectivity index (χ4v) is 1.86. The fraction of sp³-hybridized carbons (Fsp3) is 0.143. The van der Waals surface area contributed by atoms with Gasteiger partial charge in [0.25, 0.3) is 0 Å². The van der Waals surface area contributed by atoms with E-state index in [9.17, 15) is 4.79 Å². The molecule has 1 heterocycles. The number of ketones is 1. The van der Waals surface area contributed by atoms with Crippen molar-refractivity contribution in [2.24, 2.45) is 0 Å². The molecular formula is C14H13NO2S. The van der Waals surface area contributed by atoms with Gasteiger partial charge < -0.3 is 4.74 Å². The van der Waals surface area contributed by atoms with Gasteiger partial charge in [-0.3, -0.25) is 4.79 Å². The Morgan fingerprint density at radius 1 is 1.22 bits per heavy atom. The van der Waals surface area contributed by atoms with Crippen LogP contribution in [0.3, 0.4) is 0 Å². The molecule has 2 rings (SSSR count). The number of hydrogen-bond acceptors (Lipinski definition) is 4. The number of rotatable bonds is 4. The highest BCUT2D eigenvalue weighted by atomic mass is 32.2. The Hall–Kier alpha value is -1.81. The Labute approximate surface area is 110 Å². The van der Waals surface area contributed by atoms with Crippen LogP contribution >= 0.6 is 11.8 Å². The molecule has 0 aliphatic rings. The van der Waals surface area contributed by atoms with Crippen LogP contribution < -0.4 is 4.74 Å². The maximum atomic E-state index is 11.2. The molecule has 0 bridgehead atoms. The zero-order chi connectivity index (χ0) is 13.0. The smallest absolute Gasteiger partial charge is 0.219 e. The van der Waals surface area contributed by atoms with Crippen LogP contribution in [0, 0.1) is 0 Å². The summed E-state index contributed by atoms with van der Waals surface area (Å²) in [6, 6.07) is 11.0. The maximum absolute atomic E-state index is 11.2. The molecule has 0 saturated heterocycles. The quantitative estimate of drug-likeness (QED) is 0.618. The topological polar surface area (TPSA) is 39.2 Å². The Bertz CT molecular complexity index is 552. The van der Waals surface area contributed by atoms with Gasteiger partial charge in [-0.25, -0.2) is 4.98 Å². The first kappa shape index (κ1) is 12.6. The van der Waals surface area contributed by atoms with Gasteiger partial charge in [0.05, 0.1) is 0 Å². The lowest BCUT2D eigenvalue weighted by atomic mass is 10.2. The molecule has 0 N–H and O–H groups in total. The number of carbonyl (C=O) groups is 1. The molecule has 2 aromatic rings. The molecule has 0 aliphatic carbocycles. The summed E-state index contributed by atoms with van der Waals surface area (Å²) >= 11 is 1.67. The number of Topliss-reactive ketones (excluding diaryl/α,β-unsaturated/α-hetero) is 1. The summed E-state index contributed by atoms with van der Waals surface area (Å²) in [4.78, 5) is 16.5. The molecule has 1 aromatic heterocycles. The van der Waals surface area contributed by atoms with Gasteiger partial charge in [-0.05, 0) is 43.5 Å². The summed E-state index contributed by atoms with van der Waals surface area (Å²) in [6.07, 6.45) is 3.59. The number of ether oxygens (including phenoxy) is 1. The highest BCUT2D eigenvalue weighted by Crippen LogP contribution is 2.23. The van der Waals surface area contributed by atoms with Crippen LogP contribution in [0.1, 0.15) is 17.3 Å². The first-order valence-corrected chi connectivity index (χ1v) is 6.70. The summed E-state index contributed by atoms with van der Waals surface area (Å²) < 4.78 is 5.60. The van der Waals surface area contributed by atoms with Gasteiger partial charge in [-0.15, -0.1) is 11.8 Å². The van der Waals surface area contributed by atoms with Crippen LogP contribution in [0.5, 0.6) is 11.6 Å². The lowest BCUT2D eigenvalue weighted by Crippen LogP contribution is -1.94. The largest absolute Gasteiger partial charge is 0.439 e. The third-order valence-corrected chi connectivity index (χ3v) is 3.17. The second-order valence-electron chi connectivity index (χ2n) is 3.72. The Kier molecular flexibility index (Phi) is 3.99. The van der Waals surface area contributed by atoms with Crippen molar-refractivity contribution in [1.29, 1.82) is 0 Å². The predicted molar refractivity (Wildman–Crippen MR) is 72.5 cm³/mol. The minimum atomic E-state index is -0.0000177. The number of carbonyl (C=O) groups excluding carboxylic acids is 1. The molecule has 1 aromatic carbocycles. The van der Waals surface area contributed by atoms with E-state index in [0.29, 0.717) is 17.2 Å². The highest BCUT2D eigenvalue weighted by Gasteiger charge is 2.03. The summed E-state index contributed by atoms with van der Waals surface area (Å²) in [7, 11) is 0. The van der Waals surface area contributed by atoms with E-state index in [2.05, 4.69) is 4.98 Å². The molecule has 4 heteroatoms. The molecule has 0 amide bonds. The number of benzene rings is 1. The fourth-order valence-electron chi connectivity index (χ4n) is 1.45. The summed E-state index contributed by atoms with van der Waals surface area (Å²) in [5, 5.41) is 0. The predicted octanol–water partition coefficient (Wildman–Crippen LogP) is 3.80. The molecule has 0 aliphatic heterocycles. The number of hydrogen-bond donors (Lipinski definition) is 0. The summed E-state index contributed by atoms with van der Waals surface area (Å²) in [6.45, 7) is 1.52. The molecule has 0 saturated carbocycles. The third-order valence-electron chi connectivity index (χ3n) is 2.42. The average Bonchev–Trinajstić information content (AvgIpc) is 2.40. The van der Waals surface area contributed by atoms with E-state index in [1.165, 1.54) is 11.8 Å². The van der Waals surface area contributed by atoms with E-state index in [1.807, 2.05) is 30.5 Å². The zero-order valence-electron chi connectivity index (χ0n) is 10.2. The maximum Gasteiger partial charge on any atom is 0.219 e. The molecule has 18 heavy (non-hydrogen) atoms. The molecular weight excluding hydrogens is 246 g/mol. The SMILES string of the molecule is CSc1ccc(Oc2cc(C(C)=O)ccn2)cc1. The molecule has 0 atom stereocenters. The molecule has 0 spiro atoms. The van der Waals surface area contributed by atoms with Crippen molar-refractivity contribution in [3.63, 3.8) is 0 Å². The first-order chi connectivity index (χ1) is 8.69. The van der Waals surface area contributed by atoms with Crippen molar-refractivity contribution in [2.75, 3.05) is 6.26 Å². The van der Waals surface area contributed by atoms with Gasteiger partial charge in [-0.1, -0.05) is 0 Å². The van der Waals surface area contributed by atoms with E-state index in [0.717, 1.165) is 0 Å². The molecule has 3 nitrogen and oxygen atoms in total. The van der Waals surface area contributed by atoms with Crippen LogP contribution in [-0.2, 0) is 0 Å². The van der Waals surface area contributed by atoms with E-state index in [4.69, 9.17) is 4.74 Å².